The molecule has 5 heteroatoms. The van der Waals surface area contributed by atoms with Crippen LogP contribution in [0.3, 0.4) is 0 Å². The Labute approximate surface area is 208 Å². The number of nitrogens with zero attached hydrogens (tertiary/aromatic N) is 2. The van der Waals surface area contributed by atoms with Crippen LogP contribution in [0.25, 0.3) is 0 Å². The summed E-state index contributed by atoms with van der Waals surface area (Å²) < 4.78 is 5.49. The van der Waals surface area contributed by atoms with Gasteiger partial charge in [0, 0.05) is 76.6 Å². The first kappa shape index (κ1) is 29.8. The average molecular weight is 638 g/mol. The molecule has 1 fully saturated rings. The van der Waals surface area contributed by atoms with Gasteiger partial charge >= 0.3 is 0 Å². The first-order valence-corrected chi connectivity index (χ1v) is 17.5. The highest BCUT2D eigenvalue weighted by atomic mass is 128. The second-order valence-corrected chi connectivity index (χ2v) is 6.30. The largest absolute Gasteiger partial charge is 0.380 e. The van der Waals surface area contributed by atoms with Crippen molar-refractivity contribution in [2.75, 3.05) is 45.9 Å². The summed E-state index contributed by atoms with van der Waals surface area (Å²) in [7, 11) is 0. The van der Waals surface area contributed by atoms with Crippen molar-refractivity contribution < 1.29 is 4.74 Å². The number of ether oxygens (including phenoxy) is 1. The summed E-state index contributed by atoms with van der Waals surface area (Å²) in [5.74, 6) is 0. The molecule has 0 aromatic heterocycles. The molecule has 0 saturated carbocycles. The number of hydrogen-bond donors (Lipinski definition) is 0. The first-order chi connectivity index (χ1) is 14.9. The number of halogens is 2. The van der Waals surface area contributed by atoms with Gasteiger partial charge in [0.1, 0.15) is 0 Å². The lowest BCUT2D eigenvalue weighted by Crippen LogP contribution is -2.48. The summed E-state index contributed by atoms with van der Waals surface area (Å²) in [6, 6.07) is 22.1. The van der Waals surface area contributed by atoms with Gasteiger partial charge in [-0.1, -0.05) is 88.4 Å². The molecule has 1 heterocycles. The predicted molar refractivity (Wildman–Crippen MR) is 150 cm³/mol. The van der Waals surface area contributed by atoms with Crippen molar-refractivity contribution >= 4 is 37.2 Å². The molecule has 2 aromatic carbocycles. The molecule has 0 atom stereocenters. The average Bonchev–Trinajstić information content (AvgIpc) is 2.86. The van der Waals surface area contributed by atoms with Crippen molar-refractivity contribution in [1.29, 1.82) is 0 Å². The summed E-state index contributed by atoms with van der Waals surface area (Å²) in [6.45, 7) is 17.2. The SMILES string of the molecule is CC.CC.CCOCCN1CCN(C(c2ccccc2)c2ccccc2)CC1.II. The highest BCUT2D eigenvalue weighted by Crippen LogP contribution is 2.29. The second kappa shape index (κ2) is 20.7. The number of hydrogen-bond acceptors (Lipinski definition) is 3. The maximum Gasteiger partial charge on any atom is 0.0602 e. The first-order valence-electron chi connectivity index (χ1n) is 11.2. The molecule has 0 N–H and O–H groups in total. The molecule has 30 heavy (non-hydrogen) atoms. The molecule has 2 aromatic rings. The van der Waals surface area contributed by atoms with Crippen LogP contribution in [0.5, 0.6) is 0 Å². The molecule has 0 unspecified atom stereocenters. The molecule has 1 aliphatic rings. The van der Waals surface area contributed by atoms with Gasteiger partial charge in [0.05, 0.1) is 12.6 Å². The van der Waals surface area contributed by atoms with Gasteiger partial charge in [0.15, 0.2) is 0 Å². The Hall–Kier alpha value is -0.220. The van der Waals surface area contributed by atoms with Crippen molar-refractivity contribution in [3.8, 4) is 0 Å². The molecule has 0 spiro atoms. The van der Waals surface area contributed by atoms with E-state index in [0.717, 1.165) is 45.9 Å². The minimum atomic E-state index is 0.349. The standard InChI is InChI=1S/C21H28N2O.2C2H6.I2/c1-2-24-18-17-22-13-15-23(16-14-22)21(19-9-5-3-6-10-19)20-11-7-4-8-12-20;3*1-2/h3-12,21H,2,13-18H2,1H3;2*1-2H3;. The molecular formula is C25H40I2N2O. The fourth-order valence-electron chi connectivity index (χ4n) is 3.47. The summed E-state index contributed by atoms with van der Waals surface area (Å²) in [6.07, 6.45) is 0. The fourth-order valence-corrected chi connectivity index (χ4v) is 3.47. The van der Waals surface area contributed by atoms with Crippen LogP contribution in [-0.2, 0) is 4.74 Å². The second-order valence-electron chi connectivity index (χ2n) is 6.30. The molecule has 170 valence electrons. The van der Waals surface area contributed by atoms with E-state index in [2.05, 4.69) is 115 Å². The Morgan fingerprint density at radius 1 is 0.767 bits per heavy atom. The summed E-state index contributed by atoms with van der Waals surface area (Å²) >= 11 is 4.24. The zero-order chi connectivity index (χ0) is 22.6. The van der Waals surface area contributed by atoms with Gasteiger partial charge in [0.25, 0.3) is 0 Å². The quantitative estimate of drug-likeness (QED) is 0.235. The minimum Gasteiger partial charge on any atom is -0.380 e. The highest BCUT2D eigenvalue weighted by molar-refractivity contribution is 15.0. The Morgan fingerprint density at radius 3 is 1.60 bits per heavy atom. The zero-order valence-corrected chi connectivity index (χ0v) is 23.7. The molecule has 1 aliphatic heterocycles. The van der Waals surface area contributed by atoms with E-state index in [1.165, 1.54) is 11.1 Å². The topological polar surface area (TPSA) is 15.7 Å². The number of rotatable bonds is 7. The Balaban J connectivity index is 0.00000129. The smallest absolute Gasteiger partial charge is 0.0602 e. The van der Waals surface area contributed by atoms with E-state index in [0.29, 0.717) is 6.04 Å². The van der Waals surface area contributed by atoms with Crippen LogP contribution >= 0.6 is 37.2 Å². The van der Waals surface area contributed by atoms with Gasteiger partial charge in [-0.3, -0.25) is 9.80 Å². The van der Waals surface area contributed by atoms with Gasteiger partial charge in [0.2, 0.25) is 0 Å². The maximum absolute atomic E-state index is 5.49. The summed E-state index contributed by atoms with van der Waals surface area (Å²) in [4.78, 5) is 5.13. The fraction of sp³-hybridized carbons (Fsp3) is 0.520. The third kappa shape index (κ3) is 10.9. The van der Waals surface area contributed by atoms with Crippen LogP contribution < -0.4 is 0 Å². The van der Waals surface area contributed by atoms with Gasteiger partial charge in [-0.25, -0.2) is 0 Å². The number of piperazine rings is 1. The summed E-state index contributed by atoms with van der Waals surface area (Å²) in [5, 5.41) is 0. The third-order valence-corrected chi connectivity index (χ3v) is 4.76. The van der Waals surface area contributed by atoms with Gasteiger partial charge in [-0.2, -0.15) is 0 Å². The molecular weight excluding hydrogens is 598 g/mol. The lowest BCUT2D eigenvalue weighted by molar-refractivity contribution is 0.0709. The van der Waals surface area contributed by atoms with Gasteiger partial charge < -0.3 is 4.74 Å². The Kier molecular flexibility index (Phi) is 20.5. The monoisotopic (exact) mass is 638 g/mol. The normalized spacial score (nSPS) is 13.9. The van der Waals surface area contributed by atoms with Crippen molar-refractivity contribution in [3.63, 3.8) is 0 Å². The van der Waals surface area contributed by atoms with Gasteiger partial charge in [-0.05, 0) is 18.1 Å². The van der Waals surface area contributed by atoms with Crippen LogP contribution in [0.4, 0.5) is 0 Å². The maximum atomic E-state index is 5.49. The van der Waals surface area contributed by atoms with Crippen LogP contribution in [0.1, 0.15) is 51.8 Å². The lowest BCUT2D eigenvalue weighted by Gasteiger charge is -2.39. The molecule has 3 nitrogen and oxygen atoms in total. The van der Waals surface area contributed by atoms with Crippen LogP contribution in [0.15, 0.2) is 60.7 Å². The molecule has 0 radical (unpaired) electrons. The molecule has 1 saturated heterocycles. The summed E-state index contributed by atoms with van der Waals surface area (Å²) in [5.41, 5.74) is 2.76. The van der Waals surface area contributed by atoms with E-state index < -0.39 is 0 Å². The van der Waals surface area contributed by atoms with E-state index >= 15 is 0 Å². The van der Waals surface area contributed by atoms with E-state index in [1.54, 1.807) is 0 Å². The van der Waals surface area contributed by atoms with Crippen molar-refractivity contribution in [2.45, 2.75) is 40.7 Å². The van der Waals surface area contributed by atoms with Crippen molar-refractivity contribution in [2.24, 2.45) is 0 Å². The van der Waals surface area contributed by atoms with Crippen molar-refractivity contribution in [1.82, 2.24) is 9.80 Å². The van der Waals surface area contributed by atoms with E-state index in [-0.39, 0.29) is 0 Å². The van der Waals surface area contributed by atoms with Crippen LogP contribution in [0.2, 0.25) is 0 Å². The molecule has 0 amide bonds. The predicted octanol–water partition coefficient (Wildman–Crippen LogP) is 7.25. The van der Waals surface area contributed by atoms with E-state index in [9.17, 15) is 0 Å². The third-order valence-electron chi connectivity index (χ3n) is 4.76. The van der Waals surface area contributed by atoms with E-state index in [4.69, 9.17) is 4.74 Å². The molecule has 3 rings (SSSR count). The molecule has 0 aliphatic carbocycles. The minimum absolute atomic E-state index is 0.349. The Morgan fingerprint density at radius 2 is 1.20 bits per heavy atom. The van der Waals surface area contributed by atoms with Gasteiger partial charge in [-0.15, -0.1) is 0 Å². The van der Waals surface area contributed by atoms with E-state index in [1.807, 2.05) is 27.7 Å². The van der Waals surface area contributed by atoms with Crippen molar-refractivity contribution in [3.05, 3.63) is 71.8 Å². The van der Waals surface area contributed by atoms with Crippen LogP contribution in [-0.4, -0.2) is 55.7 Å². The van der Waals surface area contributed by atoms with Crippen LogP contribution in [0, 0.1) is 0 Å². The Bertz CT molecular complexity index is 551. The number of benzene rings is 2. The zero-order valence-electron chi connectivity index (χ0n) is 19.4. The molecule has 0 bridgehead atoms. The lowest BCUT2D eigenvalue weighted by atomic mass is 9.96. The highest BCUT2D eigenvalue weighted by Gasteiger charge is 2.25.